The average molecular weight is 511 g/mol. The van der Waals surface area contributed by atoms with E-state index in [4.69, 9.17) is 4.12 Å². The van der Waals surface area contributed by atoms with E-state index in [9.17, 15) is 0 Å². The van der Waals surface area contributed by atoms with Gasteiger partial charge in [0.05, 0.1) is 0 Å². The van der Waals surface area contributed by atoms with Crippen molar-refractivity contribution in [1.82, 2.24) is 0 Å². The summed E-state index contributed by atoms with van der Waals surface area (Å²) < 4.78 is 8.20. The van der Waals surface area contributed by atoms with Gasteiger partial charge in [-0.1, -0.05) is 158 Å². The molecule has 4 aromatic carbocycles. The van der Waals surface area contributed by atoms with Crippen molar-refractivity contribution in [1.29, 1.82) is 0 Å². The molecule has 1 nitrogen and oxygen atoms in total. The lowest BCUT2D eigenvalue weighted by molar-refractivity contribution is 0.587. The van der Waals surface area contributed by atoms with Crippen LogP contribution in [0.5, 0.6) is 0 Å². The molecule has 0 fully saturated rings. The molecule has 180 valence electrons. The minimum atomic E-state index is -2.89. The van der Waals surface area contributed by atoms with Crippen LogP contribution < -0.4 is 20.7 Å². The summed E-state index contributed by atoms with van der Waals surface area (Å²) in [5.74, 6) is 0. The van der Waals surface area contributed by atoms with Gasteiger partial charge in [-0.2, -0.15) is 0 Å². The molecule has 0 atom stereocenters. The van der Waals surface area contributed by atoms with Crippen molar-refractivity contribution < 1.29 is 4.12 Å². The number of rotatable bonds is 8. The van der Waals surface area contributed by atoms with E-state index in [0.29, 0.717) is 0 Å². The maximum Gasteiger partial charge on any atom is 0.275 e. The van der Waals surface area contributed by atoms with Gasteiger partial charge in [-0.15, -0.1) is 0 Å². The molecule has 0 amide bonds. The van der Waals surface area contributed by atoms with E-state index in [1.165, 1.54) is 31.1 Å². The van der Waals surface area contributed by atoms with Crippen LogP contribution in [-0.2, 0) is 4.12 Å². The number of hydrogen-bond acceptors (Lipinski definition) is 1. The third kappa shape index (κ3) is 4.15. The van der Waals surface area contributed by atoms with Gasteiger partial charge < -0.3 is 4.12 Å². The van der Waals surface area contributed by atoms with E-state index in [1.54, 1.807) is 0 Å². The predicted octanol–water partition coefficient (Wildman–Crippen LogP) is 5.37. The zero-order chi connectivity index (χ0) is 25.0. The summed E-state index contributed by atoms with van der Waals surface area (Å²) in [6.45, 7) is 0. The van der Waals surface area contributed by atoms with Gasteiger partial charge in [0.2, 0.25) is 0 Å². The van der Waals surface area contributed by atoms with E-state index >= 15 is 0 Å². The average Bonchev–Trinajstić information content (AvgIpc) is 3.72. The lowest BCUT2D eigenvalue weighted by Crippen LogP contribution is -2.74. The second-order valence-corrected chi connectivity index (χ2v) is 16.7. The van der Waals surface area contributed by atoms with Gasteiger partial charge in [-0.25, -0.2) is 0 Å². The standard InChI is InChI=1S/C34H30OSi2/c1-5-17-29(18-6-1)36(33-25-13-14-26-33,30-19-7-2-8-20-30)35-37(34-27-15-16-28-34,31-21-9-3-10-22-31)32-23-11-4-12-24-32/h1-25,27H,26,28H2. The molecule has 0 saturated carbocycles. The molecule has 4 aromatic rings. The molecule has 0 aliphatic heterocycles. The summed E-state index contributed by atoms with van der Waals surface area (Å²) in [4.78, 5) is 0. The van der Waals surface area contributed by atoms with Crippen LogP contribution in [0, 0.1) is 0 Å². The van der Waals surface area contributed by atoms with Crippen LogP contribution in [0.25, 0.3) is 0 Å². The molecule has 0 heterocycles. The monoisotopic (exact) mass is 510 g/mol. The minimum absolute atomic E-state index is 0.918. The number of hydrogen-bond donors (Lipinski definition) is 0. The van der Waals surface area contributed by atoms with E-state index in [-0.39, 0.29) is 0 Å². The van der Waals surface area contributed by atoms with Gasteiger partial charge in [0.1, 0.15) is 0 Å². The summed E-state index contributed by atoms with van der Waals surface area (Å²) in [7, 11) is -5.78. The highest BCUT2D eigenvalue weighted by Crippen LogP contribution is 2.33. The maximum atomic E-state index is 8.20. The third-order valence-electron chi connectivity index (χ3n) is 7.47. The van der Waals surface area contributed by atoms with Crippen LogP contribution in [0.2, 0.25) is 0 Å². The Morgan fingerprint density at radius 1 is 0.405 bits per heavy atom. The van der Waals surface area contributed by atoms with Crippen LogP contribution in [0.4, 0.5) is 0 Å². The van der Waals surface area contributed by atoms with Gasteiger partial charge in [0.25, 0.3) is 16.6 Å². The lowest BCUT2D eigenvalue weighted by Gasteiger charge is -2.45. The van der Waals surface area contributed by atoms with Crippen molar-refractivity contribution >= 4 is 37.4 Å². The summed E-state index contributed by atoms with van der Waals surface area (Å²) in [5.41, 5.74) is 0. The van der Waals surface area contributed by atoms with Gasteiger partial charge in [-0.3, -0.25) is 0 Å². The first-order chi connectivity index (χ1) is 18.3. The van der Waals surface area contributed by atoms with E-state index in [1.807, 2.05) is 0 Å². The van der Waals surface area contributed by atoms with E-state index in [0.717, 1.165) is 12.8 Å². The Labute approximate surface area is 222 Å². The molecular weight excluding hydrogens is 481 g/mol. The molecule has 0 saturated heterocycles. The van der Waals surface area contributed by atoms with Gasteiger partial charge in [-0.05, 0) is 44.0 Å². The fourth-order valence-electron chi connectivity index (χ4n) is 5.78. The molecule has 0 spiro atoms. The Kier molecular flexibility index (Phi) is 6.58. The Bertz CT molecular complexity index is 1280. The van der Waals surface area contributed by atoms with Gasteiger partial charge >= 0.3 is 0 Å². The van der Waals surface area contributed by atoms with E-state index in [2.05, 4.69) is 158 Å². The minimum Gasteiger partial charge on any atom is -0.436 e. The van der Waals surface area contributed by atoms with Crippen molar-refractivity contribution in [2.75, 3.05) is 0 Å². The Morgan fingerprint density at radius 2 is 0.703 bits per heavy atom. The van der Waals surface area contributed by atoms with Crippen molar-refractivity contribution in [3.8, 4) is 0 Å². The summed E-state index contributed by atoms with van der Waals surface area (Å²) >= 11 is 0. The SMILES string of the molecule is C1=CCC([Si](O[Si](C2=CC=CC2)(c2ccccc2)c2ccccc2)(c2ccccc2)c2ccccc2)=C1. The third-order valence-corrected chi connectivity index (χ3v) is 17.1. The van der Waals surface area contributed by atoms with Crippen LogP contribution in [0.1, 0.15) is 12.8 Å². The zero-order valence-electron chi connectivity index (χ0n) is 20.8. The largest absolute Gasteiger partial charge is 0.436 e. The Morgan fingerprint density at radius 3 is 0.946 bits per heavy atom. The first kappa shape index (κ1) is 23.6. The van der Waals surface area contributed by atoms with Crippen molar-refractivity contribution in [2.45, 2.75) is 12.8 Å². The molecule has 3 heteroatoms. The van der Waals surface area contributed by atoms with E-state index < -0.39 is 16.6 Å². The highest BCUT2D eigenvalue weighted by atomic mass is 28.4. The van der Waals surface area contributed by atoms with Gasteiger partial charge in [0.15, 0.2) is 0 Å². The van der Waals surface area contributed by atoms with Crippen molar-refractivity contribution in [3.63, 3.8) is 0 Å². The molecule has 0 unspecified atom stereocenters. The Hall–Kier alpha value is -3.77. The van der Waals surface area contributed by atoms with Gasteiger partial charge in [0, 0.05) is 0 Å². The summed E-state index contributed by atoms with van der Waals surface area (Å²) in [5, 5.41) is 8.00. The molecule has 0 aromatic heterocycles. The number of benzene rings is 4. The summed E-state index contributed by atoms with van der Waals surface area (Å²) in [6.07, 6.45) is 15.4. The molecule has 0 radical (unpaired) electrons. The molecule has 0 bridgehead atoms. The fourth-order valence-corrected chi connectivity index (χ4v) is 16.8. The maximum absolute atomic E-state index is 8.20. The predicted molar refractivity (Wildman–Crippen MR) is 161 cm³/mol. The molecule has 2 aliphatic carbocycles. The van der Waals surface area contributed by atoms with Crippen LogP contribution in [0.3, 0.4) is 0 Å². The molecule has 6 rings (SSSR count). The molecule has 0 N–H and O–H groups in total. The molecule has 37 heavy (non-hydrogen) atoms. The second-order valence-electron chi connectivity index (χ2n) is 9.58. The lowest BCUT2D eigenvalue weighted by atomic mass is 10.4. The smallest absolute Gasteiger partial charge is 0.275 e. The normalized spacial score (nSPS) is 15.0. The fraction of sp³-hybridized carbons (Fsp3) is 0.0588. The molecule has 2 aliphatic rings. The second kappa shape index (κ2) is 10.3. The summed E-state index contributed by atoms with van der Waals surface area (Å²) in [6, 6.07) is 44.0. The van der Waals surface area contributed by atoms with Crippen LogP contribution in [-0.4, -0.2) is 16.6 Å². The first-order valence-corrected chi connectivity index (χ1v) is 16.8. The first-order valence-electron chi connectivity index (χ1n) is 13.0. The van der Waals surface area contributed by atoms with Crippen molar-refractivity contribution in [2.24, 2.45) is 0 Å². The number of allylic oxidation sites excluding steroid dienone is 8. The van der Waals surface area contributed by atoms with Crippen LogP contribution in [0.15, 0.2) is 168 Å². The van der Waals surface area contributed by atoms with Crippen LogP contribution >= 0.6 is 0 Å². The van der Waals surface area contributed by atoms with Crippen molar-refractivity contribution in [3.05, 3.63) is 168 Å². The Balaban J connectivity index is 1.70. The highest BCUT2D eigenvalue weighted by molar-refractivity contribution is 7.14. The topological polar surface area (TPSA) is 9.23 Å². The highest BCUT2D eigenvalue weighted by Gasteiger charge is 2.54. The molecular formula is C34H30OSi2. The quantitative estimate of drug-likeness (QED) is 0.290. The zero-order valence-corrected chi connectivity index (χ0v) is 22.8.